The van der Waals surface area contributed by atoms with Crippen molar-refractivity contribution in [3.8, 4) is 11.5 Å². The number of rotatable bonds is 5. The number of alkyl halides is 1. The molecule has 100 valence electrons. The Hall–Kier alpha value is -0.740. The van der Waals surface area contributed by atoms with Crippen LogP contribution in [-0.4, -0.2) is 26.9 Å². The van der Waals surface area contributed by atoms with Gasteiger partial charge < -0.3 is 14.2 Å². The van der Waals surface area contributed by atoms with E-state index in [1.54, 1.807) is 7.11 Å². The average Bonchev–Trinajstić information content (AvgIpc) is 2.46. The molecule has 0 amide bonds. The van der Waals surface area contributed by atoms with Crippen molar-refractivity contribution in [3.63, 3.8) is 0 Å². The van der Waals surface area contributed by atoms with E-state index >= 15 is 0 Å². The Morgan fingerprint density at radius 1 is 1.28 bits per heavy atom. The largest absolute Gasteiger partial charge is 0.493 e. The standard InChI is InChI=1S/C14H19BrO3/c1-16-14-8-12(9-15)2-3-13(14)18-10-11-4-6-17-7-5-11/h2-3,8,11H,4-7,9-10H2,1H3. The van der Waals surface area contributed by atoms with Crippen molar-refractivity contribution in [1.82, 2.24) is 0 Å². The highest BCUT2D eigenvalue weighted by Gasteiger charge is 2.15. The topological polar surface area (TPSA) is 27.7 Å². The van der Waals surface area contributed by atoms with Gasteiger partial charge in [0.05, 0.1) is 13.7 Å². The molecular formula is C14H19BrO3. The zero-order valence-corrected chi connectivity index (χ0v) is 12.2. The minimum Gasteiger partial charge on any atom is -0.493 e. The second-order valence-electron chi connectivity index (χ2n) is 4.49. The lowest BCUT2D eigenvalue weighted by atomic mass is 10.0. The molecule has 1 heterocycles. The van der Waals surface area contributed by atoms with E-state index in [1.807, 2.05) is 12.1 Å². The van der Waals surface area contributed by atoms with Crippen LogP contribution in [0.4, 0.5) is 0 Å². The zero-order chi connectivity index (χ0) is 12.8. The summed E-state index contributed by atoms with van der Waals surface area (Å²) >= 11 is 3.44. The van der Waals surface area contributed by atoms with Gasteiger partial charge in [0.2, 0.25) is 0 Å². The maximum atomic E-state index is 5.87. The van der Waals surface area contributed by atoms with Crippen LogP contribution < -0.4 is 9.47 Å². The van der Waals surface area contributed by atoms with Crippen molar-refractivity contribution in [2.24, 2.45) is 5.92 Å². The summed E-state index contributed by atoms with van der Waals surface area (Å²) in [5.41, 5.74) is 1.19. The van der Waals surface area contributed by atoms with Gasteiger partial charge in [-0.05, 0) is 36.5 Å². The van der Waals surface area contributed by atoms with Crippen LogP contribution in [0.1, 0.15) is 18.4 Å². The van der Waals surface area contributed by atoms with E-state index in [0.29, 0.717) is 5.92 Å². The third kappa shape index (κ3) is 3.62. The van der Waals surface area contributed by atoms with Crippen LogP contribution in [0, 0.1) is 5.92 Å². The highest BCUT2D eigenvalue weighted by molar-refractivity contribution is 9.08. The summed E-state index contributed by atoms with van der Waals surface area (Å²) in [6.07, 6.45) is 2.17. The van der Waals surface area contributed by atoms with Crippen molar-refractivity contribution in [2.75, 3.05) is 26.9 Å². The Bertz CT molecular complexity index is 375. The highest BCUT2D eigenvalue weighted by Crippen LogP contribution is 2.29. The monoisotopic (exact) mass is 314 g/mol. The molecule has 1 fully saturated rings. The zero-order valence-electron chi connectivity index (χ0n) is 10.7. The highest BCUT2D eigenvalue weighted by atomic mass is 79.9. The SMILES string of the molecule is COc1cc(CBr)ccc1OCC1CCOCC1. The Kier molecular flexibility index (Phi) is 5.32. The second kappa shape index (κ2) is 7.00. The minimum atomic E-state index is 0.597. The van der Waals surface area contributed by atoms with Gasteiger partial charge in [-0.1, -0.05) is 22.0 Å². The molecule has 0 bridgehead atoms. The molecule has 1 aliphatic heterocycles. The van der Waals surface area contributed by atoms with E-state index in [-0.39, 0.29) is 0 Å². The van der Waals surface area contributed by atoms with Crippen LogP contribution in [0.3, 0.4) is 0 Å². The molecule has 0 N–H and O–H groups in total. The molecule has 0 unspecified atom stereocenters. The number of ether oxygens (including phenoxy) is 3. The minimum absolute atomic E-state index is 0.597. The molecule has 0 radical (unpaired) electrons. The van der Waals surface area contributed by atoms with Gasteiger partial charge in [0, 0.05) is 18.5 Å². The molecule has 3 nitrogen and oxygen atoms in total. The molecule has 1 aromatic carbocycles. The van der Waals surface area contributed by atoms with Crippen LogP contribution in [0.2, 0.25) is 0 Å². The Morgan fingerprint density at radius 3 is 2.72 bits per heavy atom. The molecule has 0 atom stereocenters. The Labute approximate surface area is 117 Å². The smallest absolute Gasteiger partial charge is 0.161 e. The molecule has 2 rings (SSSR count). The van der Waals surface area contributed by atoms with Gasteiger partial charge in [0.15, 0.2) is 11.5 Å². The van der Waals surface area contributed by atoms with Crippen LogP contribution in [0.15, 0.2) is 18.2 Å². The van der Waals surface area contributed by atoms with Crippen LogP contribution in [0.5, 0.6) is 11.5 Å². The quantitative estimate of drug-likeness (QED) is 0.780. The van der Waals surface area contributed by atoms with Crippen LogP contribution >= 0.6 is 15.9 Å². The fourth-order valence-electron chi connectivity index (χ4n) is 2.04. The van der Waals surface area contributed by atoms with E-state index in [9.17, 15) is 0 Å². The number of methoxy groups -OCH3 is 1. The van der Waals surface area contributed by atoms with Gasteiger partial charge in [-0.3, -0.25) is 0 Å². The van der Waals surface area contributed by atoms with Crippen molar-refractivity contribution in [2.45, 2.75) is 18.2 Å². The summed E-state index contributed by atoms with van der Waals surface area (Å²) in [4.78, 5) is 0. The van der Waals surface area contributed by atoms with E-state index in [0.717, 1.165) is 49.5 Å². The third-order valence-corrected chi connectivity index (χ3v) is 3.85. The normalized spacial score (nSPS) is 16.6. The lowest BCUT2D eigenvalue weighted by molar-refractivity contribution is 0.0493. The molecule has 18 heavy (non-hydrogen) atoms. The van der Waals surface area contributed by atoms with Crippen molar-refractivity contribution < 1.29 is 14.2 Å². The van der Waals surface area contributed by atoms with Gasteiger partial charge in [-0.15, -0.1) is 0 Å². The summed E-state index contributed by atoms with van der Waals surface area (Å²) in [6.45, 7) is 2.45. The molecule has 0 aliphatic carbocycles. The number of hydrogen-bond donors (Lipinski definition) is 0. The van der Waals surface area contributed by atoms with Gasteiger partial charge in [-0.2, -0.15) is 0 Å². The first kappa shape index (κ1) is 13.7. The van der Waals surface area contributed by atoms with E-state index in [4.69, 9.17) is 14.2 Å². The predicted molar refractivity (Wildman–Crippen MR) is 74.7 cm³/mol. The summed E-state index contributed by atoms with van der Waals surface area (Å²) in [5, 5.41) is 0.823. The Morgan fingerprint density at radius 2 is 2.06 bits per heavy atom. The van der Waals surface area contributed by atoms with E-state index in [1.165, 1.54) is 5.56 Å². The molecular weight excluding hydrogens is 296 g/mol. The van der Waals surface area contributed by atoms with E-state index < -0.39 is 0 Å². The fourth-order valence-corrected chi connectivity index (χ4v) is 2.38. The van der Waals surface area contributed by atoms with Gasteiger partial charge in [-0.25, -0.2) is 0 Å². The van der Waals surface area contributed by atoms with Gasteiger partial charge in [0.1, 0.15) is 0 Å². The summed E-state index contributed by atoms with van der Waals surface area (Å²) in [5.74, 6) is 2.23. The van der Waals surface area contributed by atoms with Crippen molar-refractivity contribution in [3.05, 3.63) is 23.8 Å². The number of hydrogen-bond acceptors (Lipinski definition) is 3. The lowest BCUT2D eigenvalue weighted by Crippen LogP contribution is -2.21. The lowest BCUT2D eigenvalue weighted by Gasteiger charge is -2.22. The molecule has 1 aromatic rings. The number of halogens is 1. The van der Waals surface area contributed by atoms with Crippen molar-refractivity contribution in [1.29, 1.82) is 0 Å². The first-order chi connectivity index (χ1) is 8.83. The first-order valence-corrected chi connectivity index (χ1v) is 7.39. The van der Waals surface area contributed by atoms with Gasteiger partial charge in [0.25, 0.3) is 0 Å². The maximum absolute atomic E-state index is 5.87. The van der Waals surface area contributed by atoms with Crippen molar-refractivity contribution >= 4 is 15.9 Å². The van der Waals surface area contributed by atoms with Gasteiger partial charge >= 0.3 is 0 Å². The molecule has 0 saturated carbocycles. The second-order valence-corrected chi connectivity index (χ2v) is 5.05. The first-order valence-electron chi connectivity index (χ1n) is 6.27. The molecule has 1 aliphatic rings. The molecule has 1 saturated heterocycles. The van der Waals surface area contributed by atoms with Crippen LogP contribution in [-0.2, 0) is 10.1 Å². The Balaban J connectivity index is 1.95. The fraction of sp³-hybridized carbons (Fsp3) is 0.571. The third-order valence-electron chi connectivity index (χ3n) is 3.20. The summed E-state index contributed by atoms with van der Waals surface area (Å²) in [7, 11) is 1.68. The number of benzene rings is 1. The van der Waals surface area contributed by atoms with Crippen LogP contribution in [0.25, 0.3) is 0 Å². The average molecular weight is 315 g/mol. The summed E-state index contributed by atoms with van der Waals surface area (Å²) < 4.78 is 16.6. The maximum Gasteiger partial charge on any atom is 0.161 e. The molecule has 0 aromatic heterocycles. The molecule has 0 spiro atoms. The molecule has 4 heteroatoms. The van der Waals surface area contributed by atoms with E-state index in [2.05, 4.69) is 22.0 Å². The summed E-state index contributed by atoms with van der Waals surface area (Å²) in [6, 6.07) is 6.04. The predicted octanol–water partition coefficient (Wildman–Crippen LogP) is 3.40.